The quantitative estimate of drug-likeness (QED) is 0.406. The molecule has 0 aliphatic heterocycles. The van der Waals surface area contributed by atoms with Crippen LogP contribution >= 0.6 is 0 Å². The molecule has 2 aromatic heterocycles. The fourth-order valence-corrected chi connectivity index (χ4v) is 2.54. The molecule has 2 aromatic rings. The highest BCUT2D eigenvalue weighted by Crippen LogP contribution is 2.17. The summed E-state index contributed by atoms with van der Waals surface area (Å²) >= 11 is 0. The number of nitrogens with zero attached hydrogens (tertiary/aromatic N) is 4. The Morgan fingerprint density at radius 2 is 2.04 bits per heavy atom. The van der Waals surface area contributed by atoms with Gasteiger partial charge in [0.1, 0.15) is 0 Å². The van der Waals surface area contributed by atoms with E-state index < -0.39 is 12.8 Å². The zero-order chi connectivity index (χ0) is 20.6. The number of pyridine rings is 1. The maximum atomic E-state index is 12.2. The topological polar surface area (TPSA) is 76.4 Å². The first-order valence-corrected chi connectivity index (χ1v) is 8.87. The van der Waals surface area contributed by atoms with E-state index in [1.54, 1.807) is 13.1 Å². The van der Waals surface area contributed by atoms with Crippen molar-refractivity contribution in [1.29, 1.82) is 0 Å². The molecule has 0 bridgehead atoms. The van der Waals surface area contributed by atoms with Crippen molar-refractivity contribution in [2.24, 2.45) is 4.99 Å². The van der Waals surface area contributed by atoms with Crippen molar-refractivity contribution >= 4 is 5.96 Å². The lowest BCUT2D eigenvalue weighted by Gasteiger charge is -2.13. The van der Waals surface area contributed by atoms with Gasteiger partial charge in [0.25, 0.3) is 0 Å². The number of rotatable bonds is 8. The molecule has 0 amide bonds. The van der Waals surface area contributed by atoms with Gasteiger partial charge in [0.2, 0.25) is 5.88 Å². The van der Waals surface area contributed by atoms with Crippen LogP contribution in [0.3, 0.4) is 0 Å². The molecule has 0 aliphatic rings. The fourth-order valence-electron chi connectivity index (χ4n) is 2.54. The molecule has 2 rings (SSSR count). The second-order valence-corrected chi connectivity index (χ2v) is 6.26. The summed E-state index contributed by atoms with van der Waals surface area (Å²) in [4.78, 5) is 7.92. The highest BCUT2D eigenvalue weighted by molar-refractivity contribution is 5.79. The van der Waals surface area contributed by atoms with E-state index in [9.17, 15) is 13.2 Å². The molecule has 0 aliphatic carbocycles. The Kier molecular flexibility index (Phi) is 7.65. The average molecular weight is 398 g/mol. The SMILES string of the molecule is CN=C(NCCCn1nc(C)cc1C)NCc1ccnc(OCC(F)(F)F)c1. The lowest BCUT2D eigenvalue weighted by Crippen LogP contribution is -2.37. The van der Waals surface area contributed by atoms with Gasteiger partial charge in [-0.1, -0.05) is 0 Å². The van der Waals surface area contributed by atoms with Gasteiger partial charge in [-0.05, 0) is 38.0 Å². The van der Waals surface area contributed by atoms with Crippen molar-refractivity contribution in [2.75, 3.05) is 20.2 Å². The Labute approximate surface area is 162 Å². The maximum absolute atomic E-state index is 12.2. The normalized spacial score (nSPS) is 12.1. The standard InChI is InChI=1S/C18H25F3N6O/c1-13-9-14(2)27(26-13)8-4-6-24-17(22-3)25-11-15-5-7-23-16(10-15)28-12-18(19,20)21/h5,7,9-10H,4,6,8,11-12H2,1-3H3,(H2,22,24,25). The smallest absolute Gasteiger partial charge is 0.422 e. The summed E-state index contributed by atoms with van der Waals surface area (Å²) in [5.74, 6) is 0.535. The van der Waals surface area contributed by atoms with Crippen molar-refractivity contribution in [3.63, 3.8) is 0 Å². The monoisotopic (exact) mass is 398 g/mol. The summed E-state index contributed by atoms with van der Waals surface area (Å²) in [5.41, 5.74) is 2.86. The van der Waals surface area contributed by atoms with Crippen LogP contribution in [-0.4, -0.2) is 47.1 Å². The Bertz CT molecular complexity index is 788. The molecule has 0 fully saturated rings. The van der Waals surface area contributed by atoms with E-state index in [1.165, 1.54) is 12.3 Å². The highest BCUT2D eigenvalue weighted by atomic mass is 19.4. The molecule has 0 unspecified atom stereocenters. The zero-order valence-corrected chi connectivity index (χ0v) is 16.2. The van der Waals surface area contributed by atoms with E-state index in [1.807, 2.05) is 24.6 Å². The first-order valence-electron chi connectivity index (χ1n) is 8.87. The van der Waals surface area contributed by atoms with Gasteiger partial charge >= 0.3 is 6.18 Å². The summed E-state index contributed by atoms with van der Waals surface area (Å²) in [7, 11) is 1.65. The number of alkyl halides is 3. The maximum Gasteiger partial charge on any atom is 0.422 e. The van der Waals surface area contributed by atoms with Gasteiger partial charge < -0.3 is 15.4 Å². The highest BCUT2D eigenvalue weighted by Gasteiger charge is 2.28. The first-order chi connectivity index (χ1) is 13.3. The third kappa shape index (κ3) is 7.45. The van der Waals surface area contributed by atoms with Crippen LogP contribution < -0.4 is 15.4 Å². The molecule has 2 N–H and O–H groups in total. The van der Waals surface area contributed by atoms with Crippen molar-refractivity contribution in [3.05, 3.63) is 41.3 Å². The Morgan fingerprint density at radius 1 is 1.25 bits per heavy atom. The molecular weight excluding hydrogens is 373 g/mol. The number of hydrogen-bond donors (Lipinski definition) is 2. The predicted molar refractivity (Wildman–Crippen MR) is 100 cm³/mol. The van der Waals surface area contributed by atoms with E-state index in [0.29, 0.717) is 19.0 Å². The van der Waals surface area contributed by atoms with Crippen molar-refractivity contribution in [3.8, 4) is 5.88 Å². The minimum atomic E-state index is -4.39. The number of nitrogens with one attached hydrogen (secondary N) is 2. The van der Waals surface area contributed by atoms with Crippen LogP contribution in [0.5, 0.6) is 5.88 Å². The largest absolute Gasteiger partial charge is 0.468 e. The summed E-state index contributed by atoms with van der Waals surface area (Å²) < 4.78 is 43.3. The third-order valence-corrected chi connectivity index (χ3v) is 3.81. The van der Waals surface area contributed by atoms with Crippen molar-refractivity contribution in [1.82, 2.24) is 25.4 Å². The van der Waals surface area contributed by atoms with E-state index in [2.05, 4.69) is 30.4 Å². The molecule has 28 heavy (non-hydrogen) atoms. The zero-order valence-electron chi connectivity index (χ0n) is 16.2. The molecule has 0 atom stereocenters. The van der Waals surface area contributed by atoms with Gasteiger partial charge in [-0.15, -0.1) is 0 Å². The average Bonchev–Trinajstić information content (AvgIpc) is 2.96. The third-order valence-electron chi connectivity index (χ3n) is 3.81. The number of guanidine groups is 1. The summed E-state index contributed by atoms with van der Waals surface area (Å²) in [6, 6.07) is 5.20. The molecule has 0 spiro atoms. The van der Waals surface area contributed by atoms with E-state index >= 15 is 0 Å². The Balaban J connectivity index is 1.75. The van der Waals surface area contributed by atoms with Gasteiger partial charge in [0.15, 0.2) is 12.6 Å². The fraction of sp³-hybridized carbons (Fsp3) is 0.500. The van der Waals surface area contributed by atoms with Crippen LogP contribution in [0.2, 0.25) is 0 Å². The lowest BCUT2D eigenvalue weighted by atomic mass is 10.2. The summed E-state index contributed by atoms with van der Waals surface area (Å²) in [6.45, 7) is 4.50. The minimum absolute atomic E-state index is 0.0653. The molecule has 10 heteroatoms. The van der Waals surface area contributed by atoms with Crippen LogP contribution in [0, 0.1) is 13.8 Å². The molecule has 0 aromatic carbocycles. The number of aromatic nitrogens is 3. The Hall–Kier alpha value is -2.78. The van der Waals surface area contributed by atoms with Crippen LogP contribution in [-0.2, 0) is 13.1 Å². The van der Waals surface area contributed by atoms with E-state index in [0.717, 1.165) is 29.9 Å². The van der Waals surface area contributed by atoms with E-state index in [-0.39, 0.29) is 5.88 Å². The number of halogens is 3. The Morgan fingerprint density at radius 3 is 2.68 bits per heavy atom. The van der Waals surface area contributed by atoms with Crippen molar-refractivity contribution in [2.45, 2.75) is 39.5 Å². The second-order valence-electron chi connectivity index (χ2n) is 6.26. The van der Waals surface area contributed by atoms with Gasteiger partial charge in [-0.2, -0.15) is 18.3 Å². The van der Waals surface area contributed by atoms with Gasteiger partial charge in [0.05, 0.1) is 5.69 Å². The summed E-state index contributed by atoms with van der Waals surface area (Å²) in [5, 5.41) is 10.7. The van der Waals surface area contributed by atoms with Crippen LogP contribution in [0.4, 0.5) is 13.2 Å². The minimum Gasteiger partial charge on any atom is -0.468 e. The van der Waals surface area contributed by atoms with Crippen LogP contribution in [0.1, 0.15) is 23.4 Å². The van der Waals surface area contributed by atoms with Crippen LogP contribution in [0.15, 0.2) is 29.4 Å². The number of hydrogen-bond acceptors (Lipinski definition) is 4. The van der Waals surface area contributed by atoms with Gasteiger partial charge in [-0.3, -0.25) is 9.67 Å². The van der Waals surface area contributed by atoms with Gasteiger partial charge in [-0.25, -0.2) is 4.98 Å². The molecule has 0 saturated heterocycles. The molecule has 0 radical (unpaired) electrons. The second kappa shape index (κ2) is 9.95. The first kappa shape index (κ1) is 21.5. The molecule has 7 nitrogen and oxygen atoms in total. The summed E-state index contributed by atoms with van der Waals surface area (Å²) in [6.07, 6.45) is -2.12. The predicted octanol–water partition coefficient (Wildman–Crippen LogP) is 2.59. The number of aliphatic imine (C=N–C) groups is 1. The van der Waals surface area contributed by atoms with E-state index in [4.69, 9.17) is 0 Å². The molecule has 154 valence electrons. The molecule has 2 heterocycles. The van der Waals surface area contributed by atoms with Crippen molar-refractivity contribution < 1.29 is 17.9 Å². The lowest BCUT2D eigenvalue weighted by molar-refractivity contribution is -0.154. The number of aryl methyl sites for hydroxylation is 3. The van der Waals surface area contributed by atoms with Crippen LogP contribution in [0.25, 0.3) is 0 Å². The van der Waals surface area contributed by atoms with Gasteiger partial charge in [0, 0.05) is 44.6 Å². The molecule has 0 saturated carbocycles. The molecular formula is C18H25F3N6O. The number of ether oxygens (including phenoxy) is 1.